The molecule has 1 heterocycles. The van der Waals surface area contributed by atoms with Crippen molar-refractivity contribution < 1.29 is 4.79 Å². The quantitative estimate of drug-likeness (QED) is 0.795. The molecule has 0 saturated heterocycles. The number of hydrogen-bond donors (Lipinski definition) is 0. The smallest absolute Gasteiger partial charge is 0.166 e. The Kier molecular flexibility index (Phi) is 3.23. The Morgan fingerprint density at radius 1 is 1.10 bits per heavy atom. The van der Waals surface area contributed by atoms with Gasteiger partial charge in [0.25, 0.3) is 0 Å². The minimum atomic E-state index is 0.211. The molecule has 3 rings (SSSR count). The van der Waals surface area contributed by atoms with E-state index in [1.807, 2.05) is 26.0 Å². The fraction of sp³-hybridized carbons (Fsp3) is 0.222. The molecule has 0 fully saturated rings. The lowest BCUT2D eigenvalue weighted by atomic mass is 9.94. The molecule has 2 nitrogen and oxygen atoms in total. The number of allylic oxidation sites excluding steroid dienone is 2. The topological polar surface area (TPSA) is 29.4 Å². The van der Waals surface area contributed by atoms with Gasteiger partial charge in [-0.15, -0.1) is 0 Å². The van der Waals surface area contributed by atoms with E-state index in [9.17, 15) is 4.79 Å². The predicted molar refractivity (Wildman–Crippen MR) is 83.1 cm³/mol. The number of benzene rings is 2. The number of Topliss-reactive ketones (excluding diaryl/α,β-unsaturated/α-hetero) is 1. The van der Waals surface area contributed by atoms with Crippen LogP contribution in [0, 0.1) is 0 Å². The molecular formula is C18H17NO. The molecule has 0 spiro atoms. The van der Waals surface area contributed by atoms with Gasteiger partial charge in [0, 0.05) is 11.3 Å². The molecule has 0 saturated carbocycles. The second kappa shape index (κ2) is 5.04. The maximum Gasteiger partial charge on any atom is 0.166 e. The highest BCUT2D eigenvalue weighted by molar-refractivity contribution is 6.18. The molecule has 2 heteroatoms. The van der Waals surface area contributed by atoms with Crippen LogP contribution < -0.4 is 0 Å². The van der Waals surface area contributed by atoms with Crippen LogP contribution in [0.1, 0.15) is 32.3 Å². The van der Waals surface area contributed by atoms with Gasteiger partial charge in [0.2, 0.25) is 0 Å². The Hall–Kier alpha value is -2.22. The van der Waals surface area contributed by atoms with Gasteiger partial charge in [0.05, 0.1) is 12.1 Å². The standard InChI is InChI=1S/C18H17NO/c1-3-16-12(2)19-17(11-18(16)20)15-9-8-13-6-4-5-7-14(13)10-15/h4-10H,3,11H2,1-2H3. The molecule has 0 unspecified atom stereocenters. The van der Waals surface area contributed by atoms with Crippen LogP contribution in [-0.2, 0) is 4.79 Å². The normalized spacial score (nSPS) is 15.7. The summed E-state index contributed by atoms with van der Waals surface area (Å²) in [6, 6.07) is 14.5. The molecule has 1 aliphatic rings. The molecule has 100 valence electrons. The Bertz CT molecular complexity index is 753. The Labute approximate surface area is 118 Å². The highest BCUT2D eigenvalue weighted by Crippen LogP contribution is 2.24. The number of carbonyl (C=O) groups is 1. The van der Waals surface area contributed by atoms with Gasteiger partial charge in [0.15, 0.2) is 5.78 Å². The van der Waals surface area contributed by atoms with Crippen LogP contribution in [0.3, 0.4) is 0 Å². The molecule has 0 atom stereocenters. The summed E-state index contributed by atoms with van der Waals surface area (Å²) in [6.07, 6.45) is 1.18. The van der Waals surface area contributed by atoms with Crippen molar-refractivity contribution in [3.63, 3.8) is 0 Å². The van der Waals surface area contributed by atoms with E-state index in [4.69, 9.17) is 0 Å². The second-order valence-electron chi connectivity index (χ2n) is 5.14. The molecule has 0 aliphatic carbocycles. The minimum Gasteiger partial charge on any atom is -0.294 e. The van der Waals surface area contributed by atoms with Crippen LogP contribution in [0.5, 0.6) is 0 Å². The maximum absolute atomic E-state index is 12.1. The summed E-state index contributed by atoms with van der Waals surface area (Å²) in [5, 5.41) is 2.39. The number of nitrogens with zero attached hydrogens (tertiary/aromatic N) is 1. The molecule has 0 aromatic heterocycles. The van der Waals surface area contributed by atoms with E-state index in [1.165, 1.54) is 10.8 Å². The second-order valence-corrected chi connectivity index (χ2v) is 5.14. The maximum atomic E-state index is 12.1. The monoisotopic (exact) mass is 263 g/mol. The van der Waals surface area contributed by atoms with E-state index < -0.39 is 0 Å². The lowest BCUT2D eigenvalue weighted by molar-refractivity contribution is -0.114. The highest BCUT2D eigenvalue weighted by Gasteiger charge is 2.20. The summed E-state index contributed by atoms with van der Waals surface area (Å²) in [6.45, 7) is 3.93. The average molecular weight is 263 g/mol. The molecule has 0 radical (unpaired) electrons. The van der Waals surface area contributed by atoms with Crippen LogP contribution in [0.25, 0.3) is 10.8 Å². The van der Waals surface area contributed by atoms with Crippen LogP contribution in [0.2, 0.25) is 0 Å². The number of hydrogen-bond acceptors (Lipinski definition) is 2. The largest absolute Gasteiger partial charge is 0.294 e. The molecule has 2 aromatic carbocycles. The molecular weight excluding hydrogens is 246 g/mol. The van der Waals surface area contributed by atoms with Crippen LogP contribution >= 0.6 is 0 Å². The van der Waals surface area contributed by atoms with Crippen LogP contribution in [-0.4, -0.2) is 11.5 Å². The zero-order valence-electron chi connectivity index (χ0n) is 11.8. The van der Waals surface area contributed by atoms with Crippen LogP contribution in [0.4, 0.5) is 0 Å². The molecule has 2 aromatic rings. The minimum absolute atomic E-state index is 0.211. The fourth-order valence-electron chi connectivity index (χ4n) is 2.76. The zero-order chi connectivity index (χ0) is 14.1. The third-order valence-electron chi connectivity index (χ3n) is 3.84. The van der Waals surface area contributed by atoms with Crippen molar-refractivity contribution in [2.24, 2.45) is 4.99 Å². The van der Waals surface area contributed by atoms with Crippen molar-refractivity contribution in [1.82, 2.24) is 0 Å². The van der Waals surface area contributed by atoms with Crippen molar-refractivity contribution in [2.75, 3.05) is 0 Å². The summed E-state index contributed by atoms with van der Waals surface area (Å²) in [5.74, 6) is 0.211. The van der Waals surface area contributed by atoms with Crippen molar-refractivity contribution >= 4 is 22.3 Å². The molecule has 0 bridgehead atoms. The van der Waals surface area contributed by atoms with E-state index in [0.29, 0.717) is 6.42 Å². The molecule has 0 amide bonds. The van der Waals surface area contributed by atoms with Gasteiger partial charge in [0.1, 0.15) is 0 Å². The number of fused-ring (bicyclic) bond motifs is 1. The van der Waals surface area contributed by atoms with Crippen molar-refractivity contribution in [2.45, 2.75) is 26.7 Å². The first-order chi connectivity index (χ1) is 9.69. The number of aliphatic imine (C=N–C) groups is 1. The lowest BCUT2D eigenvalue weighted by Crippen LogP contribution is -2.17. The van der Waals surface area contributed by atoms with E-state index in [-0.39, 0.29) is 5.78 Å². The first-order valence-electron chi connectivity index (χ1n) is 6.98. The third kappa shape index (κ3) is 2.18. The average Bonchev–Trinajstić information content (AvgIpc) is 2.46. The van der Waals surface area contributed by atoms with E-state index in [1.54, 1.807) is 0 Å². The first kappa shape index (κ1) is 12.8. The van der Waals surface area contributed by atoms with Gasteiger partial charge in [-0.3, -0.25) is 9.79 Å². The molecule has 0 N–H and O–H groups in total. The number of rotatable bonds is 2. The van der Waals surface area contributed by atoms with Gasteiger partial charge in [-0.05, 0) is 35.7 Å². The number of carbonyl (C=O) groups excluding carboxylic acids is 1. The van der Waals surface area contributed by atoms with Crippen molar-refractivity contribution in [1.29, 1.82) is 0 Å². The van der Waals surface area contributed by atoms with Crippen LogP contribution in [0.15, 0.2) is 58.7 Å². The summed E-state index contributed by atoms with van der Waals surface area (Å²) in [4.78, 5) is 16.8. The Morgan fingerprint density at radius 2 is 1.85 bits per heavy atom. The first-order valence-corrected chi connectivity index (χ1v) is 6.98. The zero-order valence-corrected chi connectivity index (χ0v) is 11.8. The predicted octanol–water partition coefficient (Wildman–Crippen LogP) is 4.29. The van der Waals surface area contributed by atoms with Crippen molar-refractivity contribution in [3.05, 3.63) is 59.3 Å². The summed E-state index contributed by atoms with van der Waals surface area (Å²) >= 11 is 0. The van der Waals surface area contributed by atoms with Gasteiger partial charge in [-0.25, -0.2) is 0 Å². The molecule has 20 heavy (non-hydrogen) atoms. The molecule has 1 aliphatic heterocycles. The summed E-state index contributed by atoms with van der Waals surface area (Å²) < 4.78 is 0. The summed E-state index contributed by atoms with van der Waals surface area (Å²) in [7, 11) is 0. The van der Waals surface area contributed by atoms with Gasteiger partial charge in [-0.2, -0.15) is 0 Å². The van der Waals surface area contributed by atoms with Gasteiger partial charge < -0.3 is 0 Å². The van der Waals surface area contributed by atoms with Gasteiger partial charge >= 0.3 is 0 Å². The summed E-state index contributed by atoms with van der Waals surface area (Å²) in [5.41, 5.74) is 3.67. The van der Waals surface area contributed by atoms with E-state index >= 15 is 0 Å². The van der Waals surface area contributed by atoms with Gasteiger partial charge in [-0.1, -0.05) is 43.3 Å². The van der Waals surface area contributed by atoms with E-state index in [0.717, 1.165) is 29.0 Å². The third-order valence-corrected chi connectivity index (χ3v) is 3.84. The lowest BCUT2D eigenvalue weighted by Gasteiger charge is -2.16. The Balaban J connectivity index is 2.08. The Morgan fingerprint density at radius 3 is 2.55 bits per heavy atom. The SMILES string of the molecule is CCC1=C(C)N=C(c2ccc3ccccc3c2)CC1=O. The van der Waals surface area contributed by atoms with E-state index in [2.05, 4.69) is 35.3 Å². The number of ketones is 1. The fourth-order valence-corrected chi connectivity index (χ4v) is 2.76. The van der Waals surface area contributed by atoms with Crippen molar-refractivity contribution in [3.8, 4) is 0 Å². The highest BCUT2D eigenvalue weighted by atomic mass is 16.1.